The molecule has 3 aromatic rings. The number of hydrogen-bond donors (Lipinski definition) is 2. The molecule has 0 saturated carbocycles. The van der Waals surface area contributed by atoms with E-state index in [2.05, 4.69) is 0 Å². The largest absolute Gasteiger partial charge is 0.508 e. The van der Waals surface area contributed by atoms with Gasteiger partial charge in [-0.2, -0.15) is 0 Å². The Hall–Kier alpha value is -2.81. The minimum atomic E-state index is -0.306. The van der Waals surface area contributed by atoms with Crippen molar-refractivity contribution >= 4 is 16.7 Å². The standard InChI is InChI=1S/C20H19NO2/c21-20(23)18(14-5-2-1-3-6-14)12-10-16-8-4-7-15-9-11-17(22)13-19(15)16/h1-9,11,13,18,22H,10,12H2,(H2,21,23). The molecular formula is C20H19NO2. The summed E-state index contributed by atoms with van der Waals surface area (Å²) in [6.45, 7) is 0. The van der Waals surface area contributed by atoms with Gasteiger partial charge in [-0.25, -0.2) is 0 Å². The van der Waals surface area contributed by atoms with Crippen molar-refractivity contribution in [1.82, 2.24) is 0 Å². The zero-order chi connectivity index (χ0) is 16.2. The Morgan fingerprint density at radius 3 is 2.52 bits per heavy atom. The van der Waals surface area contributed by atoms with Crippen molar-refractivity contribution in [2.24, 2.45) is 5.73 Å². The van der Waals surface area contributed by atoms with Crippen LogP contribution < -0.4 is 5.73 Å². The molecule has 0 fully saturated rings. The fourth-order valence-corrected chi connectivity index (χ4v) is 3.00. The van der Waals surface area contributed by atoms with Crippen LogP contribution in [0.4, 0.5) is 0 Å². The van der Waals surface area contributed by atoms with Crippen molar-refractivity contribution in [3.8, 4) is 5.75 Å². The van der Waals surface area contributed by atoms with Crippen LogP contribution in [0.5, 0.6) is 5.75 Å². The molecule has 1 amide bonds. The number of aryl methyl sites for hydroxylation is 1. The first-order chi connectivity index (χ1) is 11.1. The zero-order valence-electron chi connectivity index (χ0n) is 12.8. The molecular weight excluding hydrogens is 286 g/mol. The van der Waals surface area contributed by atoms with Crippen molar-refractivity contribution in [2.45, 2.75) is 18.8 Å². The lowest BCUT2D eigenvalue weighted by Crippen LogP contribution is -2.22. The molecule has 23 heavy (non-hydrogen) atoms. The predicted molar refractivity (Wildman–Crippen MR) is 92.3 cm³/mol. The topological polar surface area (TPSA) is 63.3 Å². The van der Waals surface area contributed by atoms with Crippen LogP contribution in [0.2, 0.25) is 0 Å². The van der Waals surface area contributed by atoms with E-state index in [1.807, 2.05) is 54.6 Å². The maximum atomic E-state index is 11.8. The quantitative estimate of drug-likeness (QED) is 0.754. The van der Waals surface area contributed by atoms with E-state index in [0.717, 1.165) is 28.3 Å². The fourth-order valence-electron chi connectivity index (χ4n) is 3.00. The van der Waals surface area contributed by atoms with Crippen LogP contribution in [0.25, 0.3) is 10.8 Å². The van der Waals surface area contributed by atoms with Crippen molar-refractivity contribution in [2.75, 3.05) is 0 Å². The van der Waals surface area contributed by atoms with Crippen molar-refractivity contribution in [3.63, 3.8) is 0 Å². The SMILES string of the molecule is NC(=O)C(CCc1cccc2ccc(O)cc12)c1ccccc1. The number of phenolic OH excluding ortho intramolecular Hbond substituents is 1. The van der Waals surface area contributed by atoms with Gasteiger partial charge >= 0.3 is 0 Å². The number of aromatic hydroxyl groups is 1. The first kappa shape index (κ1) is 15.1. The van der Waals surface area contributed by atoms with Crippen LogP contribution in [0.1, 0.15) is 23.5 Å². The predicted octanol–water partition coefficient (Wildman–Crippen LogP) is 3.75. The number of nitrogens with two attached hydrogens (primary N) is 1. The molecule has 0 spiro atoms. The molecule has 0 aliphatic carbocycles. The number of hydrogen-bond acceptors (Lipinski definition) is 2. The molecule has 0 heterocycles. The molecule has 3 rings (SSSR count). The average molecular weight is 305 g/mol. The Morgan fingerprint density at radius 2 is 1.78 bits per heavy atom. The normalized spacial score (nSPS) is 12.2. The summed E-state index contributed by atoms with van der Waals surface area (Å²) < 4.78 is 0. The third kappa shape index (κ3) is 3.34. The highest BCUT2D eigenvalue weighted by Gasteiger charge is 2.17. The first-order valence-electron chi connectivity index (χ1n) is 7.70. The van der Waals surface area contributed by atoms with Gasteiger partial charge in [0.15, 0.2) is 0 Å². The van der Waals surface area contributed by atoms with Crippen LogP contribution in [0, 0.1) is 0 Å². The zero-order valence-corrected chi connectivity index (χ0v) is 12.8. The Bertz CT molecular complexity index is 827. The maximum Gasteiger partial charge on any atom is 0.224 e. The van der Waals surface area contributed by atoms with Crippen LogP contribution in [-0.4, -0.2) is 11.0 Å². The molecule has 3 heteroatoms. The number of carbonyl (C=O) groups excluding carboxylic acids is 1. The Balaban J connectivity index is 1.87. The lowest BCUT2D eigenvalue weighted by molar-refractivity contribution is -0.119. The van der Waals surface area contributed by atoms with Gasteiger partial charge in [-0.1, -0.05) is 54.6 Å². The summed E-state index contributed by atoms with van der Waals surface area (Å²) in [5.74, 6) is -0.359. The van der Waals surface area contributed by atoms with E-state index in [-0.39, 0.29) is 17.6 Å². The minimum Gasteiger partial charge on any atom is -0.508 e. The van der Waals surface area contributed by atoms with E-state index in [1.165, 1.54) is 0 Å². The van der Waals surface area contributed by atoms with E-state index in [4.69, 9.17) is 5.73 Å². The van der Waals surface area contributed by atoms with Crippen molar-refractivity contribution in [3.05, 3.63) is 77.9 Å². The summed E-state index contributed by atoms with van der Waals surface area (Å²) in [7, 11) is 0. The summed E-state index contributed by atoms with van der Waals surface area (Å²) in [6, 6.07) is 21.0. The van der Waals surface area contributed by atoms with E-state index in [1.54, 1.807) is 12.1 Å². The van der Waals surface area contributed by atoms with Gasteiger partial charge in [0.2, 0.25) is 5.91 Å². The second-order valence-electron chi connectivity index (χ2n) is 5.73. The fraction of sp³-hybridized carbons (Fsp3) is 0.150. The number of benzene rings is 3. The molecule has 3 N–H and O–H groups in total. The highest BCUT2D eigenvalue weighted by molar-refractivity contribution is 5.87. The Labute approximate surface area is 135 Å². The lowest BCUT2D eigenvalue weighted by Gasteiger charge is -2.14. The van der Waals surface area contributed by atoms with E-state index in [9.17, 15) is 9.90 Å². The second kappa shape index (κ2) is 6.53. The molecule has 0 aliphatic heterocycles. The van der Waals surface area contributed by atoms with Crippen LogP contribution in [-0.2, 0) is 11.2 Å². The molecule has 3 nitrogen and oxygen atoms in total. The monoisotopic (exact) mass is 305 g/mol. The molecule has 3 aromatic carbocycles. The molecule has 0 aliphatic rings. The van der Waals surface area contributed by atoms with Gasteiger partial charge in [0, 0.05) is 0 Å². The van der Waals surface area contributed by atoms with Gasteiger partial charge in [0.05, 0.1) is 5.92 Å². The van der Waals surface area contributed by atoms with E-state index in [0.29, 0.717) is 6.42 Å². The minimum absolute atomic E-state index is 0.250. The van der Waals surface area contributed by atoms with Crippen molar-refractivity contribution in [1.29, 1.82) is 0 Å². The molecule has 0 bridgehead atoms. The second-order valence-corrected chi connectivity index (χ2v) is 5.73. The summed E-state index contributed by atoms with van der Waals surface area (Å²) in [4.78, 5) is 11.8. The lowest BCUT2D eigenvalue weighted by atomic mass is 9.90. The molecule has 1 atom stereocenters. The van der Waals surface area contributed by atoms with Crippen molar-refractivity contribution < 1.29 is 9.90 Å². The summed E-state index contributed by atoms with van der Waals surface area (Å²) in [5.41, 5.74) is 7.65. The number of phenols is 1. The molecule has 0 aromatic heterocycles. The number of rotatable bonds is 5. The van der Waals surface area contributed by atoms with Crippen LogP contribution in [0.15, 0.2) is 66.7 Å². The Kier molecular flexibility index (Phi) is 4.29. The highest BCUT2D eigenvalue weighted by Crippen LogP contribution is 2.27. The number of fused-ring (bicyclic) bond motifs is 1. The summed E-state index contributed by atoms with van der Waals surface area (Å²) in [6.07, 6.45) is 1.37. The van der Waals surface area contributed by atoms with Crippen LogP contribution in [0.3, 0.4) is 0 Å². The summed E-state index contributed by atoms with van der Waals surface area (Å²) >= 11 is 0. The molecule has 116 valence electrons. The van der Waals surface area contributed by atoms with Gasteiger partial charge in [-0.3, -0.25) is 4.79 Å². The average Bonchev–Trinajstić information content (AvgIpc) is 2.56. The molecule has 1 unspecified atom stereocenters. The number of carbonyl (C=O) groups is 1. The Morgan fingerprint density at radius 1 is 1.00 bits per heavy atom. The molecule has 0 saturated heterocycles. The van der Waals surface area contributed by atoms with Crippen LogP contribution >= 0.6 is 0 Å². The van der Waals surface area contributed by atoms with E-state index >= 15 is 0 Å². The maximum absolute atomic E-state index is 11.8. The van der Waals surface area contributed by atoms with Gasteiger partial charge < -0.3 is 10.8 Å². The van der Waals surface area contributed by atoms with Gasteiger partial charge in [-0.15, -0.1) is 0 Å². The van der Waals surface area contributed by atoms with Gasteiger partial charge in [-0.05, 0) is 46.9 Å². The smallest absolute Gasteiger partial charge is 0.224 e. The van der Waals surface area contributed by atoms with Gasteiger partial charge in [0.1, 0.15) is 5.75 Å². The number of amides is 1. The summed E-state index contributed by atoms with van der Waals surface area (Å²) in [5, 5.41) is 11.8. The van der Waals surface area contributed by atoms with E-state index < -0.39 is 0 Å². The number of primary amides is 1. The van der Waals surface area contributed by atoms with Gasteiger partial charge in [0.25, 0.3) is 0 Å². The molecule has 0 radical (unpaired) electrons. The third-order valence-corrected chi connectivity index (χ3v) is 4.20. The highest BCUT2D eigenvalue weighted by atomic mass is 16.3. The third-order valence-electron chi connectivity index (χ3n) is 4.20. The first-order valence-corrected chi connectivity index (χ1v) is 7.70.